The molecule has 0 saturated carbocycles. The van der Waals surface area contributed by atoms with Crippen LogP contribution in [0.15, 0.2) is 30.9 Å². The number of rotatable bonds is 9. The van der Waals surface area contributed by atoms with Crippen LogP contribution in [0.25, 0.3) is 0 Å². The minimum absolute atomic E-state index is 0.550. The molecule has 1 aromatic carbocycles. The minimum Gasteiger partial charge on any atom is -0.497 e. The van der Waals surface area contributed by atoms with Gasteiger partial charge in [0.2, 0.25) is 0 Å². The quantitative estimate of drug-likeness (QED) is 0.472. The summed E-state index contributed by atoms with van der Waals surface area (Å²) in [6.45, 7) is 9.23. The summed E-state index contributed by atoms with van der Waals surface area (Å²) in [7, 11) is 5.48. The lowest BCUT2D eigenvalue weighted by atomic mass is 9.75. The van der Waals surface area contributed by atoms with Gasteiger partial charge in [0.25, 0.3) is 0 Å². The normalized spacial score (nSPS) is 25.5. The fourth-order valence-electron chi connectivity index (χ4n) is 4.63. The number of fused-ring (bicyclic) bond motifs is 3. The van der Waals surface area contributed by atoms with Gasteiger partial charge < -0.3 is 25.0 Å². The first kappa shape index (κ1) is 21.9. The molecule has 4 rings (SSSR count). The van der Waals surface area contributed by atoms with E-state index in [1.807, 2.05) is 24.3 Å². The second kappa shape index (κ2) is 10.3. The third kappa shape index (κ3) is 5.84. The smallest absolute Gasteiger partial charge is 0.170 e. The molecule has 3 saturated heterocycles. The van der Waals surface area contributed by atoms with Crippen LogP contribution in [0.2, 0.25) is 0 Å². The summed E-state index contributed by atoms with van der Waals surface area (Å²) < 4.78 is 10.6. The van der Waals surface area contributed by atoms with E-state index in [0.29, 0.717) is 11.2 Å². The molecule has 6 nitrogen and oxygen atoms in total. The van der Waals surface area contributed by atoms with Gasteiger partial charge in [0.1, 0.15) is 11.5 Å². The maximum atomic E-state index is 5.52. The van der Waals surface area contributed by atoms with Crippen molar-refractivity contribution >= 4 is 23.0 Å². The van der Waals surface area contributed by atoms with Crippen LogP contribution >= 0.6 is 12.2 Å². The standard InChI is InChI=1S/C22H34N4O2S/c1-5-7-25(2)14-17-15-26-8-6-16(17)9-19(26)13-23-22(29)24-18-10-20(27-3)12-21(11-18)28-4/h5,10-12,16-17,19H,1,6-9,13-15H2,2-4H3,(H2,23,24,29)/t16-,17+,19+/m0/s1. The van der Waals surface area contributed by atoms with Crippen molar-refractivity contribution in [1.82, 2.24) is 15.1 Å². The molecule has 3 fully saturated rings. The molecule has 0 spiro atoms. The molecule has 4 atom stereocenters. The van der Waals surface area contributed by atoms with Gasteiger partial charge in [-0.2, -0.15) is 0 Å². The lowest BCUT2D eigenvalue weighted by Gasteiger charge is -2.50. The van der Waals surface area contributed by atoms with Crippen molar-refractivity contribution in [1.29, 1.82) is 0 Å². The number of benzene rings is 1. The topological polar surface area (TPSA) is 49.0 Å². The van der Waals surface area contributed by atoms with Crippen LogP contribution in [0.4, 0.5) is 5.69 Å². The highest BCUT2D eigenvalue weighted by Gasteiger charge is 2.40. The molecular formula is C22H34N4O2S. The molecule has 3 heterocycles. The van der Waals surface area contributed by atoms with Crippen molar-refractivity contribution < 1.29 is 9.47 Å². The second-order valence-electron chi connectivity index (χ2n) is 8.14. The Kier molecular flexibility index (Phi) is 7.75. The highest BCUT2D eigenvalue weighted by molar-refractivity contribution is 7.80. The Morgan fingerprint density at radius 1 is 1.31 bits per heavy atom. The van der Waals surface area contributed by atoms with E-state index in [4.69, 9.17) is 21.7 Å². The Morgan fingerprint density at radius 2 is 2.03 bits per heavy atom. The van der Waals surface area contributed by atoms with E-state index in [1.165, 1.54) is 25.9 Å². The molecular weight excluding hydrogens is 384 g/mol. The third-order valence-electron chi connectivity index (χ3n) is 6.11. The molecule has 2 N–H and O–H groups in total. The molecule has 0 aliphatic carbocycles. The van der Waals surface area contributed by atoms with Crippen LogP contribution in [-0.2, 0) is 0 Å². The minimum atomic E-state index is 0.550. The van der Waals surface area contributed by atoms with Crippen molar-refractivity contribution in [3.8, 4) is 11.5 Å². The van der Waals surface area contributed by atoms with E-state index in [9.17, 15) is 0 Å². The summed E-state index contributed by atoms with van der Waals surface area (Å²) in [5.41, 5.74) is 0.856. The third-order valence-corrected chi connectivity index (χ3v) is 6.35. The molecule has 7 heteroatoms. The lowest BCUT2D eigenvalue weighted by molar-refractivity contribution is -0.00663. The second-order valence-corrected chi connectivity index (χ2v) is 8.55. The SMILES string of the molecule is C=CCN(C)C[C@@H]1CN2CC[C@H]1C[C@@H]2CNC(=S)Nc1cc(OC)cc(OC)c1. The number of methoxy groups -OCH3 is 2. The van der Waals surface area contributed by atoms with Gasteiger partial charge >= 0.3 is 0 Å². The molecule has 1 aromatic rings. The van der Waals surface area contributed by atoms with Gasteiger partial charge in [-0.05, 0) is 50.5 Å². The van der Waals surface area contributed by atoms with E-state index in [0.717, 1.165) is 48.7 Å². The van der Waals surface area contributed by atoms with Gasteiger partial charge in [0.05, 0.1) is 14.2 Å². The van der Waals surface area contributed by atoms with E-state index >= 15 is 0 Å². The first-order chi connectivity index (χ1) is 14.0. The van der Waals surface area contributed by atoms with Gasteiger partial charge in [-0.1, -0.05) is 6.08 Å². The Labute approximate surface area is 180 Å². The van der Waals surface area contributed by atoms with Crippen molar-refractivity contribution in [2.75, 3.05) is 59.3 Å². The number of anilines is 1. The Hall–Kier alpha value is -1.83. The summed E-state index contributed by atoms with van der Waals surface area (Å²) in [5, 5.41) is 7.29. The molecule has 0 amide bonds. The van der Waals surface area contributed by atoms with Gasteiger partial charge in [-0.3, -0.25) is 4.90 Å². The number of likely N-dealkylation sites (N-methyl/N-ethyl adjacent to an activating group) is 1. The molecule has 29 heavy (non-hydrogen) atoms. The van der Waals surface area contributed by atoms with Gasteiger partial charge in [0, 0.05) is 56.1 Å². The Bertz CT molecular complexity index is 692. The van der Waals surface area contributed by atoms with Crippen LogP contribution in [-0.4, -0.2) is 74.9 Å². The van der Waals surface area contributed by atoms with E-state index in [2.05, 4.69) is 34.1 Å². The van der Waals surface area contributed by atoms with Crippen LogP contribution in [0.5, 0.6) is 11.5 Å². The van der Waals surface area contributed by atoms with Crippen LogP contribution < -0.4 is 20.1 Å². The van der Waals surface area contributed by atoms with E-state index in [-0.39, 0.29) is 0 Å². The number of nitrogens with zero attached hydrogens (tertiary/aromatic N) is 2. The number of thiocarbonyl (C=S) groups is 1. The van der Waals surface area contributed by atoms with Crippen LogP contribution in [0.1, 0.15) is 12.8 Å². The maximum Gasteiger partial charge on any atom is 0.170 e. The van der Waals surface area contributed by atoms with Gasteiger partial charge in [0.15, 0.2) is 5.11 Å². The van der Waals surface area contributed by atoms with E-state index in [1.54, 1.807) is 14.2 Å². The number of ether oxygens (including phenoxy) is 2. The number of hydrogen-bond acceptors (Lipinski definition) is 5. The molecule has 3 aliphatic heterocycles. The number of piperidine rings is 3. The monoisotopic (exact) mass is 418 g/mol. The molecule has 0 aromatic heterocycles. The summed E-state index contributed by atoms with van der Waals surface area (Å²) in [5.74, 6) is 3.04. The molecule has 1 unspecified atom stereocenters. The average Bonchev–Trinajstić information content (AvgIpc) is 2.72. The fraction of sp³-hybridized carbons (Fsp3) is 0.591. The fourth-order valence-corrected chi connectivity index (χ4v) is 4.83. The van der Waals surface area contributed by atoms with Crippen molar-refractivity contribution in [3.05, 3.63) is 30.9 Å². The summed E-state index contributed by atoms with van der Waals surface area (Å²) in [6, 6.07) is 6.21. The molecule has 160 valence electrons. The van der Waals surface area contributed by atoms with Crippen molar-refractivity contribution in [2.45, 2.75) is 18.9 Å². The molecule has 3 aliphatic rings. The Balaban J connectivity index is 1.49. The average molecular weight is 419 g/mol. The summed E-state index contributed by atoms with van der Waals surface area (Å²) >= 11 is 5.52. The largest absolute Gasteiger partial charge is 0.497 e. The highest BCUT2D eigenvalue weighted by atomic mass is 32.1. The number of nitrogens with one attached hydrogen (secondary N) is 2. The number of hydrogen-bond donors (Lipinski definition) is 2. The molecule has 0 radical (unpaired) electrons. The van der Waals surface area contributed by atoms with Gasteiger partial charge in [-0.25, -0.2) is 0 Å². The highest BCUT2D eigenvalue weighted by Crippen LogP contribution is 2.36. The lowest BCUT2D eigenvalue weighted by Crippen LogP contribution is -2.58. The van der Waals surface area contributed by atoms with Gasteiger partial charge in [-0.15, -0.1) is 6.58 Å². The predicted octanol–water partition coefficient (Wildman–Crippen LogP) is 2.82. The zero-order valence-corrected chi connectivity index (χ0v) is 18.6. The van der Waals surface area contributed by atoms with Crippen molar-refractivity contribution in [3.63, 3.8) is 0 Å². The molecule has 2 bridgehead atoms. The summed E-state index contributed by atoms with van der Waals surface area (Å²) in [4.78, 5) is 5.02. The van der Waals surface area contributed by atoms with Crippen molar-refractivity contribution in [2.24, 2.45) is 11.8 Å². The zero-order valence-electron chi connectivity index (χ0n) is 17.8. The van der Waals surface area contributed by atoms with Crippen LogP contribution in [0.3, 0.4) is 0 Å². The summed E-state index contributed by atoms with van der Waals surface area (Å²) in [6.07, 6.45) is 4.55. The van der Waals surface area contributed by atoms with E-state index < -0.39 is 0 Å². The first-order valence-corrected chi connectivity index (χ1v) is 10.7. The zero-order chi connectivity index (χ0) is 20.8. The Morgan fingerprint density at radius 3 is 2.62 bits per heavy atom. The maximum absolute atomic E-state index is 5.52. The van der Waals surface area contributed by atoms with Crippen LogP contribution in [0, 0.1) is 11.8 Å². The first-order valence-electron chi connectivity index (χ1n) is 10.3. The predicted molar refractivity (Wildman–Crippen MR) is 123 cm³/mol.